The average Bonchev–Trinajstić information content (AvgIpc) is 2.26. The lowest BCUT2D eigenvalue weighted by molar-refractivity contribution is -0.164. The smallest absolute Gasteiger partial charge is 0.411 e. The van der Waals surface area contributed by atoms with Gasteiger partial charge in [0, 0.05) is 6.54 Å². The lowest BCUT2D eigenvalue weighted by atomic mass is 10.0. The van der Waals surface area contributed by atoms with Crippen LogP contribution in [0.2, 0.25) is 0 Å². The summed E-state index contributed by atoms with van der Waals surface area (Å²) in [7, 11) is 1.29. The molecule has 0 radical (unpaired) electrons. The van der Waals surface area contributed by atoms with E-state index in [1.165, 1.54) is 12.0 Å². The van der Waals surface area contributed by atoms with Crippen LogP contribution in [0.4, 0.5) is 4.79 Å². The van der Waals surface area contributed by atoms with Crippen LogP contribution in [0.1, 0.15) is 27.7 Å². The van der Waals surface area contributed by atoms with E-state index in [-0.39, 0.29) is 6.61 Å². The van der Waals surface area contributed by atoms with Gasteiger partial charge in [-0.15, -0.1) is 0 Å². The Hall–Kier alpha value is -1.30. The van der Waals surface area contributed by atoms with E-state index < -0.39 is 23.2 Å². The number of morpholine rings is 1. The highest BCUT2D eigenvalue weighted by atomic mass is 16.6. The molecule has 6 heteroatoms. The number of esters is 1. The van der Waals surface area contributed by atoms with E-state index in [4.69, 9.17) is 14.2 Å². The monoisotopic (exact) mass is 259 g/mol. The quantitative estimate of drug-likeness (QED) is 0.662. The molecule has 1 amide bonds. The van der Waals surface area contributed by atoms with Gasteiger partial charge >= 0.3 is 12.1 Å². The Morgan fingerprint density at radius 2 is 1.94 bits per heavy atom. The summed E-state index contributed by atoms with van der Waals surface area (Å²) in [6, 6.07) is 0. The average molecular weight is 259 g/mol. The molecule has 0 N–H and O–H groups in total. The molecular formula is C12H21NO5. The lowest BCUT2D eigenvalue weighted by Gasteiger charge is -2.42. The Kier molecular flexibility index (Phi) is 4.21. The van der Waals surface area contributed by atoms with Crippen LogP contribution in [0.15, 0.2) is 0 Å². The summed E-state index contributed by atoms with van der Waals surface area (Å²) < 4.78 is 15.3. The van der Waals surface area contributed by atoms with Gasteiger partial charge in [0.1, 0.15) is 5.60 Å². The Balaban J connectivity index is 2.89. The third-order valence-electron chi connectivity index (χ3n) is 2.68. The first-order valence-electron chi connectivity index (χ1n) is 5.87. The number of hydrogen-bond donors (Lipinski definition) is 0. The normalized spacial score (nSPS) is 24.6. The van der Waals surface area contributed by atoms with Crippen molar-refractivity contribution in [2.75, 3.05) is 26.9 Å². The van der Waals surface area contributed by atoms with Gasteiger partial charge in [-0.2, -0.15) is 0 Å². The summed E-state index contributed by atoms with van der Waals surface area (Å²) in [6.07, 6.45) is -0.529. The van der Waals surface area contributed by atoms with Gasteiger partial charge in [0.15, 0.2) is 5.54 Å². The number of carbonyl (C=O) groups excluding carboxylic acids is 2. The second-order valence-electron chi connectivity index (χ2n) is 5.45. The molecule has 1 rings (SSSR count). The number of rotatable bonds is 1. The number of amides is 1. The van der Waals surface area contributed by atoms with Gasteiger partial charge in [0.05, 0.1) is 20.3 Å². The van der Waals surface area contributed by atoms with Crippen molar-refractivity contribution < 1.29 is 23.8 Å². The molecule has 1 aliphatic rings. The van der Waals surface area contributed by atoms with Crippen molar-refractivity contribution in [2.24, 2.45) is 0 Å². The molecule has 0 aromatic carbocycles. The van der Waals surface area contributed by atoms with E-state index >= 15 is 0 Å². The Labute approximate surface area is 107 Å². The first-order valence-corrected chi connectivity index (χ1v) is 5.87. The molecule has 0 spiro atoms. The molecule has 0 aromatic heterocycles. The summed E-state index contributed by atoms with van der Waals surface area (Å²) >= 11 is 0. The largest absolute Gasteiger partial charge is 0.467 e. The molecule has 0 aliphatic carbocycles. The molecule has 1 aliphatic heterocycles. The highest BCUT2D eigenvalue weighted by Gasteiger charge is 2.47. The first-order chi connectivity index (χ1) is 8.20. The lowest BCUT2D eigenvalue weighted by Crippen LogP contribution is -2.62. The molecular weight excluding hydrogens is 238 g/mol. The van der Waals surface area contributed by atoms with E-state index in [0.29, 0.717) is 13.2 Å². The minimum absolute atomic E-state index is 0.110. The number of ether oxygens (including phenoxy) is 3. The van der Waals surface area contributed by atoms with E-state index in [1.807, 2.05) is 0 Å². The molecule has 1 saturated heterocycles. The van der Waals surface area contributed by atoms with Crippen molar-refractivity contribution in [1.82, 2.24) is 4.90 Å². The maximum absolute atomic E-state index is 12.1. The predicted molar refractivity (Wildman–Crippen MR) is 64.2 cm³/mol. The summed E-state index contributed by atoms with van der Waals surface area (Å²) in [5.41, 5.74) is -1.73. The van der Waals surface area contributed by atoms with Crippen LogP contribution in [0, 0.1) is 0 Å². The van der Waals surface area contributed by atoms with Crippen LogP contribution < -0.4 is 0 Å². The molecule has 0 aromatic rings. The van der Waals surface area contributed by atoms with E-state index in [9.17, 15) is 9.59 Å². The second-order valence-corrected chi connectivity index (χ2v) is 5.45. The third kappa shape index (κ3) is 3.13. The van der Waals surface area contributed by atoms with Gasteiger partial charge < -0.3 is 14.2 Å². The molecule has 1 unspecified atom stereocenters. The van der Waals surface area contributed by atoms with Crippen LogP contribution >= 0.6 is 0 Å². The van der Waals surface area contributed by atoms with Crippen molar-refractivity contribution in [2.45, 2.75) is 38.8 Å². The van der Waals surface area contributed by atoms with Gasteiger partial charge in [-0.3, -0.25) is 4.90 Å². The van der Waals surface area contributed by atoms with Crippen molar-refractivity contribution >= 4 is 12.1 Å². The molecule has 1 fully saturated rings. The third-order valence-corrected chi connectivity index (χ3v) is 2.68. The number of nitrogens with zero attached hydrogens (tertiary/aromatic N) is 1. The molecule has 18 heavy (non-hydrogen) atoms. The first kappa shape index (κ1) is 14.8. The molecule has 0 saturated carbocycles. The summed E-state index contributed by atoms with van der Waals surface area (Å²) in [5, 5.41) is 0. The van der Waals surface area contributed by atoms with Crippen LogP contribution in [0.25, 0.3) is 0 Å². The molecule has 0 bridgehead atoms. The van der Waals surface area contributed by atoms with Gasteiger partial charge in [-0.05, 0) is 27.7 Å². The minimum atomic E-state index is -1.13. The molecule has 6 nitrogen and oxygen atoms in total. The number of carbonyl (C=O) groups is 2. The van der Waals surface area contributed by atoms with Gasteiger partial charge in [0.25, 0.3) is 0 Å². The highest BCUT2D eigenvalue weighted by molar-refractivity contribution is 5.85. The van der Waals surface area contributed by atoms with Crippen LogP contribution in [0.3, 0.4) is 0 Å². The zero-order valence-corrected chi connectivity index (χ0v) is 11.6. The maximum Gasteiger partial charge on any atom is 0.411 e. The SMILES string of the molecule is COC(=O)C1(C)COCCN1C(=O)OC(C)(C)C. The number of methoxy groups -OCH3 is 1. The van der Waals surface area contributed by atoms with Crippen molar-refractivity contribution in [3.05, 3.63) is 0 Å². The van der Waals surface area contributed by atoms with Crippen LogP contribution in [0.5, 0.6) is 0 Å². The van der Waals surface area contributed by atoms with Crippen LogP contribution in [-0.4, -0.2) is 55.0 Å². The molecule has 104 valence electrons. The van der Waals surface area contributed by atoms with E-state index in [1.54, 1.807) is 27.7 Å². The molecule has 1 atom stereocenters. The molecule has 1 heterocycles. The van der Waals surface area contributed by atoms with Gasteiger partial charge in [-0.1, -0.05) is 0 Å². The zero-order chi connectivity index (χ0) is 14.0. The zero-order valence-electron chi connectivity index (χ0n) is 11.6. The van der Waals surface area contributed by atoms with E-state index in [2.05, 4.69) is 0 Å². The fraction of sp³-hybridized carbons (Fsp3) is 0.833. The standard InChI is InChI=1S/C12H21NO5/c1-11(2,3)18-10(15)13-6-7-17-8-12(13,4)9(14)16-5/h6-8H2,1-5H3. The van der Waals surface area contributed by atoms with Crippen LogP contribution in [-0.2, 0) is 19.0 Å². The van der Waals surface area contributed by atoms with Crippen molar-refractivity contribution in [3.63, 3.8) is 0 Å². The topological polar surface area (TPSA) is 65.1 Å². The van der Waals surface area contributed by atoms with Gasteiger partial charge in [0.2, 0.25) is 0 Å². The second kappa shape index (κ2) is 5.14. The van der Waals surface area contributed by atoms with Crippen molar-refractivity contribution in [3.8, 4) is 0 Å². The fourth-order valence-electron chi connectivity index (χ4n) is 1.75. The Bertz CT molecular complexity index is 336. The Morgan fingerprint density at radius 3 is 2.44 bits per heavy atom. The minimum Gasteiger partial charge on any atom is -0.467 e. The van der Waals surface area contributed by atoms with E-state index in [0.717, 1.165) is 0 Å². The van der Waals surface area contributed by atoms with Crippen molar-refractivity contribution in [1.29, 1.82) is 0 Å². The fourth-order valence-corrected chi connectivity index (χ4v) is 1.75. The Morgan fingerprint density at radius 1 is 1.33 bits per heavy atom. The predicted octanol–water partition coefficient (Wildman–Crippen LogP) is 1.19. The number of hydrogen-bond acceptors (Lipinski definition) is 5. The summed E-state index contributed by atoms with van der Waals surface area (Å²) in [5.74, 6) is -0.506. The van der Waals surface area contributed by atoms with Gasteiger partial charge in [-0.25, -0.2) is 9.59 Å². The summed E-state index contributed by atoms with van der Waals surface area (Å²) in [4.78, 5) is 25.3. The maximum atomic E-state index is 12.1. The summed E-state index contributed by atoms with van der Waals surface area (Å²) in [6.45, 7) is 7.75. The highest BCUT2D eigenvalue weighted by Crippen LogP contribution is 2.24.